The van der Waals surface area contributed by atoms with Crippen LogP contribution in [-0.4, -0.2) is 18.8 Å². The molecule has 0 aromatic heterocycles. The van der Waals surface area contributed by atoms with Crippen molar-refractivity contribution in [1.82, 2.24) is 5.32 Å². The summed E-state index contributed by atoms with van der Waals surface area (Å²) in [5.41, 5.74) is 1.18. The molecule has 1 nitrogen and oxygen atoms in total. The van der Waals surface area contributed by atoms with Crippen molar-refractivity contribution in [3.63, 3.8) is 0 Å². The van der Waals surface area contributed by atoms with Gasteiger partial charge in [-0.2, -0.15) is 8.78 Å². The molecular formula is C13H17F2NS. The highest BCUT2D eigenvalue weighted by Crippen LogP contribution is 2.27. The van der Waals surface area contributed by atoms with Crippen LogP contribution in [0, 0.1) is 5.92 Å². The SMILES string of the molecule is FC(F)Sc1cccc(CC2CCNCC2)c1. The average molecular weight is 257 g/mol. The molecule has 1 N–H and O–H groups in total. The molecule has 17 heavy (non-hydrogen) atoms. The standard InChI is InChI=1S/C13H17F2NS/c14-13(15)17-12-3-1-2-11(9-12)8-10-4-6-16-7-5-10/h1-3,9-10,13,16H,4-8H2. The van der Waals surface area contributed by atoms with E-state index in [4.69, 9.17) is 0 Å². The third-order valence-electron chi connectivity index (χ3n) is 3.11. The average Bonchev–Trinajstić information content (AvgIpc) is 2.30. The molecule has 1 aliphatic rings. The maximum atomic E-state index is 12.3. The second kappa shape index (κ2) is 6.36. The summed E-state index contributed by atoms with van der Waals surface area (Å²) in [4.78, 5) is 0.673. The zero-order valence-electron chi connectivity index (χ0n) is 9.66. The van der Waals surface area contributed by atoms with Crippen LogP contribution in [0.3, 0.4) is 0 Å². The van der Waals surface area contributed by atoms with Gasteiger partial charge in [-0.05, 0) is 56.0 Å². The molecule has 0 bridgehead atoms. The quantitative estimate of drug-likeness (QED) is 0.828. The number of halogens is 2. The third kappa shape index (κ3) is 4.28. The fourth-order valence-electron chi connectivity index (χ4n) is 2.27. The molecule has 2 rings (SSSR count). The van der Waals surface area contributed by atoms with Crippen molar-refractivity contribution >= 4 is 11.8 Å². The molecule has 1 aromatic rings. The van der Waals surface area contributed by atoms with Crippen molar-refractivity contribution in [3.8, 4) is 0 Å². The summed E-state index contributed by atoms with van der Waals surface area (Å²) in [6.07, 6.45) is 3.39. The van der Waals surface area contributed by atoms with Gasteiger partial charge in [0.2, 0.25) is 0 Å². The summed E-state index contributed by atoms with van der Waals surface area (Å²) < 4.78 is 24.5. The minimum absolute atomic E-state index is 0.629. The Morgan fingerprint density at radius 3 is 2.76 bits per heavy atom. The van der Waals surface area contributed by atoms with Gasteiger partial charge in [-0.3, -0.25) is 0 Å². The van der Waals surface area contributed by atoms with Crippen LogP contribution in [0.25, 0.3) is 0 Å². The number of hydrogen-bond donors (Lipinski definition) is 1. The van der Waals surface area contributed by atoms with E-state index in [1.54, 1.807) is 6.07 Å². The lowest BCUT2D eigenvalue weighted by Gasteiger charge is -2.22. The van der Waals surface area contributed by atoms with Crippen molar-refractivity contribution in [2.45, 2.75) is 29.9 Å². The Labute approximate surface area is 105 Å². The molecule has 0 aliphatic carbocycles. The van der Waals surface area contributed by atoms with E-state index in [2.05, 4.69) is 5.32 Å². The topological polar surface area (TPSA) is 12.0 Å². The first-order valence-electron chi connectivity index (χ1n) is 5.98. The van der Waals surface area contributed by atoms with Crippen LogP contribution in [0.4, 0.5) is 8.78 Å². The molecule has 0 unspecified atom stereocenters. The minimum Gasteiger partial charge on any atom is -0.317 e. The molecule has 0 radical (unpaired) electrons. The van der Waals surface area contributed by atoms with Gasteiger partial charge in [0, 0.05) is 4.90 Å². The molecule has 0 spiro atoms. The lowest BCUT2D eigenvalue weighted by atomic mass is 9.91. The first kappa shape index (κ1) is 12.8. The van der Waals surface area contributed by atoms with Crippen LogP contribution in [-0.2, 0) is 6.42 Å². The van der Waals surface area contributed by atoms with E-state index in [0.29, 0.717) is 22.6 Å². The number of alkyl halides is 2. The summed E-state index contributed by atoms with van der Waals surface area (Å²) in [7, 11) is 0. The van der Waals surface area contributed by atoms with Crippen LogP contribution in [0.15, 0.2) is 29.2 Å². The minimum atomic E-state index is -2.33. The van der Waals surface area contributed by atoms with Gasteiger partial charge in [0.25, 0.3) is 5.76 Å². The highest BCUT2D eigenvalue weighted by Gasteiger charge is 2.14. The number of thioether (sulfide) groups is 1. The van der Waals surface area contributed by atoms with Crippen molar-refractivity contribution in [2.24, 2.45) is 5.92 Å². The maximum absolute atomic E-state index is 12.3. The van der Waals surface area contributed by atoms with Crippen molar-refractivity contribution in [2.75, 3.05) is 13.1 Å². The van der Waals surface area contributed by atoms with E-state index in [9.17, 15) is 8.78 Å². The Morgan fingerprint density at radius 1 is 1.29 bits per heavy atom. The molecule has 1 aliphatic heterocycles. The highest BCUT2D eigenvalue weighted by atomic mass is 32.2. The molecule has 0 amide bonds. The molecule has 0 saturated carbocycles. The summed E-state index contributed by atoms with van der Waals surface area (Å²) in [6.45, 7) is 2.16. The Bertz CT molecular complexity index is 351. The molecule has 0 atom stereocenters. The number of benzene rings is 1. The second-order valence-electron chi connectivity index (χ2n) is 4.42. The molecular weight excluding hydrogens is 240 g/mol. The van der Waals surface area contributed by atoms with Gasteiger partial charge < -0.3 is 5.32 Å². The van der Waals surface area contributed by atoms with E-state index in [0.717, 1.165) is 19.5 Å². The van der Waals surface area contributed by atoms with Gasteiger partial charge in [0.05, 0.1) is 0 Å². The molecule has 4 heteroatoms. The fraction of sp³-hybridized carbons (Fsp3) is 0.538. The van der Waals surface area contributed by atoms with E-state index >= 15 is 0 Å². The van der Waals surface area contributed by atoms with Gasteiger partial charge in [-0.25, -0.2) is 0 Å². The molecule has 1 saturated heterocycles. The predicted molar refractivity (Wildman–Crippen MR) is 67.6 cm³/mol. The van der Waals surface area contributed by atoms with Gasteiger partial charge in [-0.15, -0.1) is 0 Å². The second-order valence-corrected chi connectivity index (χ2v) is 5.49. The Balaban J connectivity index is 1.95. The van der Waals surface area contributed by atoms with Crippen LogP contribution >= 0.6 is 11.8 Å². The number of piperidine rings is 1. The molecule has 1 heterocycles. The van der Waals surface area contributed by atoms with Gasteiger partial charge in [0.15, 0.2) is 0 Å². The van der Waals surface area contributed by atoms with E-state index in [-0.39, 0.29) is 0 Å². The Morgan fingerprint density at radius 2 is 2.06 bits per heavy atom. The van der Waals surface area contributed by atoms with Gasteiger partial charge in [-0.1, -0.05) is 23.9 Å². The van der Waals surface area contributed by atoms with E-state index in [1.165, 1.54) is 18.4 Å². The largest absolute Gasteiger partial charge is 0.317 e. The fourth-order valence-corrected chi connectivity index (χ4v) is 2.85. The summed E-state index contributed by atoms with van der Waals surface area (Å²) >= 11 is 0.629. The summed E-state index contributed by atoms with van der Waals surface area (Å²) in [6, 6.07) is 7.57. The predicted octanol–water partition coefficient (Wildman–Crippen LogP) is 3.54. The van der Waals surface area contributed by atoms with Crippen molar-refractivity contribution < 1.29 is 8.78 Å². The molecule has 1 aromatic carbocycles. The molecule has 94 valence electrons. The first-order valence-corrected chi connectivity index (χ1v) is 6.86. The lowest BCUT2D eigenvalue weighted by Crippen LogP contribution is -2.28. The third-order valence-corrected chi connectivity index (χ3v) is 3.81. The van der Waals surface area contributed by atoms with Gasteiger partial charge in [0.1, 0.15) is 0 Å². The van der Waals surface area contributed by atoms with Crippen LogP contribution < -0.4 is 5.32 Å². The highest BCUT2D eigenvalue weighted by molar-refractivity contribution is 7.99. The Hall–Kier alpha value is -0.610. The van der Waals surface area contributed by atoms with Crippen molar-refractivity contribution in [3.05, 3.63) is 29.8 Å². The Kier molecular flexibility index (Phi) is 4.80. The van der Waals surface area contributed by atoms with Crippen LogP contribution in [0.1, 0.15) is 18.4 Å². The van der Waals surface area contributed by atoms with Crippen LogP contribution in [0.5, 0.6) is 0 Å². The maximum Gasteiger partial charge on any atom is 0.288 e. The van der Waals surface area contributed by atoms with E-state index in [1.807, 2.05) is 18.2 Å². The monoisotopic (exact) mass is 257 g/mol. The zero-order valence-corrected chi connectivity index (χ0v) is 10.5. The normalized spacial score (nSPS) is 17.6. The summed E-state index contributed by atoms with van der Waals surface area (Å²) in [5.74, 6) is -1.63. The smallest absolute Gasteiger partial charge is 0.288 e. The number of nitrogens with one attached hydrogen (secondary N) is 1. The van der Waals surface area contributed by atoms with Gasteiger partial charge >= 0.3 is 0 Å². The van der Waals surface area contributed by atoms with Crippen molar-refractivity contribution in [1.29, 1.82) is 0 Å². The lowest BCUT2D eigenvalue weighted by molar-refractivity contribution is 0.252. The number of rotatable bonds is 4. The number of hydrogen-bond acceptors (Lipinski definition) is 2. The first-order chi connectivity index (χ1) is 8.24. The molecule has 1 fully saturated rings. The zero-order chi connectivity index (χ0) is 12.1. The summed E-state index contributed by atoms with van der Waals surface area (Å²) in [5, 5.41) is 3.33. The van der Waals surface area contributed by atoms with Crippen LogP contribution in [0.2, 0.25) is 0 Å². The van der Waals surface area contributed by atoms with E-state index < -0.39 is 5.76 Å².